The van der Waals surface area contributed by atoms with Crippen molar-refractivity contribution in [2.75, 3.05) is 39.9 Å². The average Bonchev–Trinajstić information content (AvgIpc) is 3.13. The number of benzene rings is 1. The Hall–Kier alpha value is -0.530. The predicted octanol–water partition coefficient (Wildman–Crippen LogP) is 4.70. The van der Waals surface area contributed by atoms with E-state index in [0.29, 0.717) is 0 Å². The summed E-state index contributed by atoms with van der Waals surface area (Å²) in [6, 6.07) is 8.30. The topological polar surface area (TPSA) is 36.9 Å². The number of nitrogens with one attached hydrogen (secondary N) is 1. The van der Waals surface area contributed by atoms with Crippen LogP contribution in [-0.2, 0) is 10.2 Å². The van der Waals surface area contributed by atoms with Gasteiger partial charge in [0.15, 0.2) is 5.96 Å². The Morgan fingerprint density at radius 3 is 2.43 bits per heavy atom. The molecule has 0 radical (unpaired) electrons. The molecule has 1 aromatic carbocycles. The van der Waals surface area contributed by atoms with Gasteiger partial charge in [-0.1, -0.05) is 42.6 Å². The van der Waals surface area contributed by atoms with E-state index in [2.05, 4.69) is 27.3 Å². The van der Waals surface area contributed by atoms with Crippen LogP contribution in [0.4, 0.5) is 0 Å². The molecular weight excluding hydrogens is 485 g/mol. The minimum Gasteiger partial charge on any atom is -0.381 e. The molecule has 1 saturated carbocycles. The van der Waals surface area contributed by atoms with Crippen molar-refractivity contribution in [1.82, 2.24) is 10.2 Å². The van der Waals surface area contributed by atoms with Crippen LogP contribution in [0.1, 0.15) is 44.1 Å². The SMILES string of the molecule is CN=C(NCC1(c2ccccc2Cl)CCOCC1)N1CC2CCCCC2C1.I. The van der Waals surface area contributed by atoms with Gasteiger partial charge >= 0.3 is 0 Å². The highest BCUT2D eigenvalue weighted by Gasteiger charge is 2.38. The molecule has 2 atom stereocenters. The van der Waals surface area contributed by atoms with Crippen LogP contribution in [0.15, 0.2) is 29.3 Å². The first-order chi connectivity index (χ1) is 13.2. The van der Waals surface area contributed by atoms with Gasteiger partial charge < -0.3 is 15.0 Å². The van der Waals surface area contributed by atoms with E-state index in [1.54, 1.807) is 0 Å². The van der Waals surface area contributed by atoms with Crippen molar-refractivity contribution in [3.63, 3.8) is 0 Å². The van der Waals surface area contributed by atoms with E-state index in [1.165, 1.54) is 31.2 Å². The van der Waals surface area contributed by atoms with Gasteiger partial charge in [-0.15, -0.1) is 24.0 Å². The van der Waals surface area contributed by atoms with Crippen LogP contribution in [0.3, 0.4) is 0 Å². The molecule has 2 aliphatic heterocycles. The van der Waals surface area contributed by atoms with Crippen molar-refractivity contribution in [1.29, 1.82) is 0 Å². The van der Waals surface area contributed by atoms with Crippen molar-refractivity contribution in [3.8, 4) is 0 Å². The molecule has 0 spiro atoms. The van der Waals surface area contributed by atoms with Gasteiger partial charge in [-0.3, -0.25) is 4.99 Å². The molecule has 1 aromatic rings. The normalized spacial score (nSPS) is 27.1. The molecule has 156 valence electrons. The zero-order valence-corrected chi connectivity index (χ0v) is 19.9. The number of hydrogen-bond acceptors (Lipinski definition) is 2. The molecule has 4 nitrogen and oxygen atoms in total. The largest absolute Gasteiger partial charge is 0.381 e. The van der Waals surface area contributed by atoms with Gasteiger partial charge in [0, 0.05) is 50.3 Å². The lowest BCUT2D eigenvalue weighted by molar-refractivity contribution is 0.0512. The van der Waals surface area contributed by atoms with Crippen LogP contribution in [0.5, 0.6) is 0 Å². The fourth-order valence-corrected chi connectivity index (χ4v) is 5.69. The van der Waals surface area contributed by atoms with Crippen molar-refractivity contribution >= 4 is 41.5 Å². The van der Waals surface area contributed by atoms with Crippen molar-refractivity contribution in [2.45, 2.75) is 43.9 Å². The van der Waals surface area contributed by atoms with E-state index in [9.17, 15) is 0 Å². The number of nitrogens with zero attached hydrogens (tertiary/aromatic N) is 2. The van der Waals surface area contributed by atoms with Crippen LogP contribution in [0.2, 0.25) is 5.02 Å². The van der Waals surface area contributed by atoms with E-state index in [1.807, 2.05) is 19.2 Å². The molecule has 0 bridgehead atoms. The summed E-state index contributed by atoms with van der Waals surface area (Å²) in [5.74, 6) is 2.78. The number of ether oxygens (including phenoxy) is 1. The lowest BCUT2D eigenvalue weighted by atomic mass is 9.74. The summed E-state index contributed by atoms with van der Waals surface area (Å²) in [5.41, 5.74) is 1.26. The molecule has 3 aliphatic rings. The van der Waals surface area contributed by atoms with Gasteiger partial charge in [-0.2, -0.15) is 0 Å². The Labute approximate surface area is 191 Å². The van der Waals surface area contributed by atoms with E-state index >= 15 is 0 Å². The Balaban J connectivity index is 0.00000225. The monoisotopic (exact) mass is 517 g/mol. The minimum absolute atomic E-state index is 0. The van der Waals surface area contributed by atoms with Crippen LogP contribution >= 0.6 is 35.6 Å². The molecule has 3 fully saturated rings. The summed E-state index contributed by atoms with van der Waals surface area (Å²) >= 11 is 6.60. The zero-order chi connectivity index (χ0) is 18.7. The van der Waals surface area contributed by atoms with Crippen molar-refractivity contribution in [2.24, 2.45) is 16.8 Å². The zero-order valence-electron chi connectivity index (χ0n) is 16.8. The van der Waals surface area contributed by atoms with Crippen LogP contribution in [0.25, 0.3) is 0 Å². The third-order valence-corrected chi connectivity index (χ3v) is 7.30. The Morgan fingerprint density at radius 1 is 1.18 bits per heavy atom. The van der Waals surface area contributed by atoms with Crippen molar-refractivity contribution < 1.29 is 4.74 Å². The van der Waals surface area contributed by atoms with Gasteiger partial charge in [0.2, 0.25) is 0 Å². The molecule has 1 aliphatic carbocycles. The summed E-state index contributed by atoms with van der Waals surface area (Å²) in [7, 11) is 1.91. The molecule has 2 heterocycles. The van der Waals surface area contributed by atoms with E-state index in [-0.39, 0.29) is 29.4 Å². The van der Waals surface area contributed by atoms with Crippen molar-refractivity contribution in [3.05, 3.63) is 34.9 Å². The summed E-state index contributed by atoms with van der Waals surface area (Å²) in [5, 5.41) is 4.58. The number of rotatable bonds is 3. The second kappa shape index (κ2) is 9.98. The third kappa shape index (κ3) is 4.62. The predicted molar refractivity (Wildman–Crippen MR) is 127 cm³/mol. The molecule has 6 heteroatoms. The lowest BCUT2D eigenvalue weighted by Crippen LogP contribution is -2.49. The maximum Gasteiger partial charge on any atom is 0.193 e. The minimum atomic E-state index is 0. The first-order valence-electron chi connectivity index (χ1n) is 10.5. The Bertz CT molecular complexity index is 664. The van der Waals surface area contributed by atoms with Crippen LogP contribution in [-0.4, -0.2) is 50.8 Å². The Morgan fingerprint density at radius 2 is 1.82 bits per heavy atom. The first-order valence-corrected chi connectivity index (χ1v) is 10.9. The molecular formula is C22H33ClIN3O. The molecule has 0 amide bonds. The average molecular weight is 518 g/mol. The van der Waals surface area contributed by atoms with E-state index in [0.717, 1.165) is 68.5 Å². The quantitative estimate of drug-likeness (QED) is 0.359. The molecule has 2 unspecified atom stereocenters. The number of fused-ring (bicyclic) bond motifs is 1. The summed E-state index contributed by atoms with van der Waals surface area (Å²) in [4.78, 5) is 7.11. The van der Waals surface area contributed by atoms with E-state index in [4.69, 9.17) is 16.3 Å². The number of hydrogen-bond donors (Lipinski definition) is 1. The van der Waals surface area contributed by atoms with Crippen LogP contribution < -0.4 is 5.32 Å². The number of aliphatic imine (C=N–C) groups is 1. The second-order valence-corrected chi connectivity index (χ2v) is 8.89. The molecule has 2 saturated heterocycles. The highest BCUT2D eigenvalue weighted by Crippen LogP contribution is 2.39. The third-order valence-electron chi connectivity index (χ3n) is 6.97. The maximum absolute atomic E-state index is 6.60. The number of guanidine groups is 1. The highest BCUT2D eigenvalue weighted by atomic mass is 127. The fraction of sp³-hybridized carbons (Fsp3) is 0.682. The van der Waals surface area contributed by atoms with Gasteiger partial charge in [-0.05, 0) is 49.1 Å². The lowest BCUT2D eigenvalue weighted by Gasteiger charge is -2.39. The second-order valence-electron chi connectivity index (χ2n) is 8.48. The number of halogens is 2. The molecule has 28 heavy (non-hydrogen) atoms. The molecule has 0 aromatic heterocycles. The summed E-state index contributed by atoms with van der Waals surface area (Å²) in [6.45, 7) is 4.76. The first kappa shape index (κ1) is 22.2. The maximum atomic E-state index is 6.60. The Kier molecular flexibility index (Phi) is 7.90. The van der Waals surface area contributed by atoms with Gasteiger partial charge in [0.1, 0.15) is 0 Å². The van der Waals surface area contributed by atoms with Crippen LogP contribution in [0, 0.1) is 11.8 Å². The van der Waals surface area contributed by atoms with Gasteiger partial charge in [0.05, 0.1) is 0 Å². The highest BCUT2D eigenvalue weighted by molar-refractivity contribution is 14.0. The smallest absolute Gasteiger partial charge is 0.193 e. The molecule has 1 N–H and O–H groups in total. The summed E-state index contributed by atoms with van der Waals surface area (Å²) < 4.78 is 5.67. The number of likely N-dealkylation sites (tertiary alicyclic amines) is 1. The van der Waals surface area contributed by atoms with Gasteiger partial charge in [0.25, 0.3) is 0 Å². The van der Waals surface area contributed by atoms with E-state index < -0.39 is 0 Å². The fourth-order valence-electron chi connectivity index (χ4n) is 5.35. The van der Waals surface area contributed by atoms with Gasteiger partial charge in [-0.25, -0.2) is 0 Å². The summed E-state index contributed by atoms with van der Waals surface area (Å²) in [6.07, 6.45) is 7.56. The standard InChI is InChI=1S/C22H32ClN3O.HI/c1-24-21(26-14-17-6-2-3-7-18(17)15-26)25-16-22(10-12-27-13-11-22)19-8-4-5-9-20(19)23;/h4-5,8-9,17-18H,2-3,6-7,10-16H2,1H3,(H,24,25);1H. The molecule has 4 rings (SSSR count).